The standard InChI is InChI=1S/C19H19ClN4O2S/c1-13-22-18(17-5-2-10-21-19(17)23-13)14-4-3-11-24(12-14)27(25,26)16-8-6-15(20)7-9-16/h2,5-10,14H,3-4,11-12H2,1H3. The van der Waals surface area contributed by atoms with Crippen LogP contribution in [0.25, 0.3) is 11.0 Å². The first-order chi connectivity index (χ1) is 12.9. The number of sulfonamides is 1. The molecule has 1 aliphatic rings. The molecule has 1 fully saturated rings. The monoisotopic (exact) mass is 402 g/mol. The number of fused-ring (bicyclic) bond motifs is 1. The normalized spacial score (nSPS) is 18.7. The molecule has 0 spiro atoms. The Morgan fingerprint density at radius 1 is 1.15 bits per heavy atom. The fourth-order valence-corrected chi connectivity index (χ4v) is 5.20. The average molecular weight is 403 g/mol. The Bertz CT molecular complexity index is 1090. The second-order valence-corrected chi connectivity index (χ2v) is 9.06. The third-order valence-corrected chi connectivity index (χ3v) is 6.97. The highest BCUT2D eigenvalue weighted by Crippen LogP contribution is 2.32. The number of hydrogen-bond donors (Lipinski definition) is 0. The largest absolute Gasteiger partial charge is 0.243 e. The highest BCUT2D eigenvalue weighted by molar-refractivity contribution is 7.89. The van der Waals surface area contributed by atoms with Gasteiger partial charge in [-0.05, 0) is 56.2 Å². The van der Waals surface area contributed by atoms with Crippen molar-refractivity contribution in [1.82, 2.24) is 19.3 Å². The minimum atomic E-state index is -3.57. The number of halogens is 1. The molecular formula is C19H19ClN4O2S. The van der Waals surface area contributed by atoms with E-state index in [1.165, 1.54) is 0 Å². The van der Waals surface area contributed by atoms with Crippen LogP contribution in [-0.4, -0.2) is 40.8 Å². The van der Waals surface area contributed by atoms with Crippen LogP contribution in [0.5, 0.6) is 0 Å². The summed E-state index contributed by atoms with van der Waals surface area (Å²) in [5.41, 5.74) is 1.53. The highest BCUT2D eigenvalue weighted by Gasteiger charge is 2.32. The van der Waals surface area contributed by atoms with Gasteiger partial charge in [-0.3, -0.25) is 0 Å². The maximum absolute atomic E-state index is 13.0. The van der Waals surface area contributed by atoms with E-state index in [0.717, 1.165) is 23.9 Å². The zero-order valence-corrected chi connectivity index (χ0v) is 16.4. The summed E-state index contributed by atoms with van der Waals surface area (Å²) in [5, 5.41) is 1.40. The van der Waals surface area contributed by atoms with Crippen molar-refractivity contribution in [2.24, 2.45) is 0 Å². The molecule has 6 nitrogen and oxygen atoms in total. The van der Waals surface area contributed by atoms with Crippen LogP contribution >= 0.6 is 11.6 Å². The fourth-order valence-electron chi connectivity index (χ4n) is 3.55. The van der Waals surface area contributed by atoms with Crippen LogP contribution in [-0.2, 0) is 10.0 Å². The Morgan fingerprint density at radius 3 is 2.70 bits per heavy atom. The van der Waals surface area contributed by atoms with Gasteiger partial charge in [-0.1, -0.05) is 11.6 Å². The molecule has 0 saturated carbocycles. The van der Waals surface area contributed by atoms with E-state index in [1.807, 2.05) is 19.1 Å². The van der Waals surface area contributed by atoms with E-state index in [9.17, 15) is 8.42 Å². The van der Waals surface area contributed by atoms with E-state index < -0.39 is 10.0 Å². The van der Waals surface area contributed by atoms with E-state index in [-0.39, 0.29) is 10.8 Å². The van der Waals surface area contributed by atoms with Gasteiger partial charge in [-0.15, -0.1) is 0 Å². The van der Waals surface area contributed by atoms with Crippen LogP contribution in [0.1, 0.15) is 30.3 Å². The SMILES string of the molecule is Cc1nc(C2CCCN(S(=O)(=O)c3ccc(Cl)cc3)C2)c2cccnc2n1. The van der Waals surface area contributed by atoms with E-state index >= 15 is 0 Å². The van der Waals surface area contributed by atoms with Crippen molar-refractivity contribution in [3.05, 3.63) is 59.1 Å². The molecule has 4 rings (SSSR count). The smallest absolute Gasteiger partial charge is 0.237 e. The molecule has 1 atom stereocenters. The summed E-state index contributed by atoms with van der Waals surface area (Å²) in [7, 11) is -3.57. The van der Waals surface area contributed by atoms with E-state index in [4.69, 9.17) is 11.6 Å². The molecule has 3 heterocycles. The van der Waals surface area contributed by atoms with Crippen molar-refractivity contribution < 1.29 is 8.42 Å². The molecule has 1 unspecified atom stereocenters. The molecule has 8 heteroatoms. The van der Waals surface area contributed by atoms with Gasteiger partial charge in [0.15, 0.2) is 5.65 Å². The minimum absolute atomic E-state index is 0.00854. The van der Waals surface area contributed by atoms with Gasteiger partial charge in [0.1, 0.15) is 5.82 Å². The lowest BCUT2D eigenvalue weighted by Crippen LogP contribution is -2.39. The zero-order valence-electron chi connectivity index (χ0n) is 14.8. The molecule has 1 saturated heterocycles. The maximum atomic E-state index is 13.0. The second kappa shape index (κ2) is 7.14. The molecule has 0 amide bonds. The Labute approximate surface area is 163 Å². The number of hydrogen-bond acceptors (Lipinski definition) is 5. The average Bonchev–Trinajstić information content (AvgIpc) is 2.68. The predicted octanol–water partition coefficient (Wildman–Crippen LogP) is 3.55. The summed E-state index contributed by atoms with van der Waals surface area (Å²) in [4.78, 5) is 13.6. The molecule has 0 radical (unpaired) electrons. The summed E-state index contributed by atoms with van der Waals surface area (Å²) < 4.78 is 27.6. The lowest BCUT2D eigenvalue weighted by Gasteiger charge is -2.32. The third-order valence-electron chi connectivity index (χ3n) is 4.83. The van der Waals surface area contributed by atoms with Crippen molar-refractivity contribution in [3.63, 3.8) is 0 Å². The van der Waals surface area contributed by atoms with Gasteiger partial charge in [-0.25, -0.2) is 23.4 Å². The first kappa shape index (κ1) is 18.3. The number of pyridine rings is 1. The summed E-state index contributed by atoms with van der Waals surface area (Å²) in [6.45, 7) is 2.73. The Balaban J connectivity index is 1.69. The Morgan fingerprint density at radius 2 is 1.93 bits per heavy atom. The van der Waals surface area contributed by atoms with Gasteiger partial charge < -0.3 is 0 Å². The number of piperidine rings is 1. The van der Waals surface area contributed by atoms with Crippen LogP contribution in [0, 0.1) is 6.92 Å². The molecular weight excluding hydrogens is 384 g/mol. The first-order valence-corrected chi connectivity index (χ1v) is 10.6. The lowest BCUT2D eigenvalue weighted by atomic mass is 9.94. The van der Waals surface area contributed by atoms with Crippen LogP contribution < -0.4 is 0 Å². The van der Waals surface area contributed by atoms with Crippen molar-refractivity contribution >= 4 is 32.7 Å². The number of nitrogens with zero attached hydrogens (tertiary/aromatic N) is 4. The number of rotatable bonds is 3. The Hall–Kier alpha value is -2.09. The molecule has 0 N–H and O–H groups in total. The topological polar surface area (TPSA) is 76.1 Å². The quantitative estimate of drug-likeness (QED) is 0.669. The summed E-state index contributed by atoms with van der Waals surface area (Å²) in [6.07, 6.45) is 3.37. The van der Waals surface area contributed by atoms with Crippen LogP contribution in [0.3, 0.4) is 0 Å². The molecule has 0 aliphatic carbocycles. The van der Waals surface area contributed by atoms with E-state index in [1.54, 1.807) is 34.8 Å². The van der Waals surface area contributed by atoms with Gasteiger partial charge in [0.05, 0.1) is 10.6 Å². The van der Waals surface area contributed by atoms with Gasteiger partial charge in [-0.2, -0.15) is 4.31 Å². The molecule has 27 heavy (non-hydrogen) atoms. The van der Waals surface area contributed by atoms with Crippen molar-refractivity contribution in [2.75, 3.05) is 13.1 Å². The van der Waals surface area contributed by atoms with Gasteiger partial charge >= 0.3 is 0 Å². The molecule has 140 valence electrons. The molecule has 3 aromatic rings. The second-order valence-electron chi connectivity index (χ2n) is 6.69. The number of aryl methyl sites for hydroxylation is 1. The number of aromatic nitrogens is 3. The fraction of sp³-hybridized carbons (Fsp3) is 0.316. The van der Waals surface area contributed by atoms with Crippen LogP contribution in [0.15, 0.2) is 47.5 Å². The maximum Gasteiger partial charge on any atom is 0.243 e. The van der Waals surface area contributed by atoms with Gasteiger partial charge in [0.2, 0.25) is 10.0 Å². The van der Waals surface area contributed by atoms with Crippen molar-refractivity contribution in [1.29, 1.82) is 0 Å². The molecule has 2 aromatic heterocycles. The van der Waals surface area contributed by atoms with Crippen molar-refractivity contribution in [2.45, 2.75) is 30.6 Å². The molecule has 0 bridgehead atoms. The minimum Gasteiger partial charge on any atom is -0.237 e. The summed E-state index contributed by atoms with van der Waals surface area (Å²) in [5.74, 6) is 0.656. The third kappa shape index (κ3) is 3.54. The van der Waals surface area contributed by atoms with Crippen LogP contribution in [0.4, 0.5) is 0 Å². The van der Waals surface area contributed by atoms with E-state index in [2.05, 4.69) is 15.0 Å². The van der Waals surface area contributed by atoms with Gasteiger partial charge in [0.25, 0.3) is 0 Å². The first-order valence-electron chi connectivity index (χ1n) is 8.80. The summed E-state index contributed by atoms with van der Waals surface area (Å²) in [6, 6.07) is 10.1. The Kier molecular flexibility index (Phi) is 4.84. The molecule has 1 aromatic carbocycles. The molecule has 1 aliphatic heterocycles. The van der Waals surface area contributed by atoms with Crippen molar-refractivity contribution in [3.8, 4) is 0 Å². The summed E-state index contributed by atoms with van der Waals surface area (Å²) >= 11 is 5.89. The predicted molar refractivity (Wildman–Crippen MR) is 104 cm³/mol. The number of benzene rings is 1. The van der Waals surface area contributed by atoms with Crippen LogP contribution in [0.2, 0.25) is 5.02 Å². The highest BCUT2D eigenvalue weighted by atomic mass is 35.5. The van der Waals surface area contributed by atoms with Gasteiger partial charge in [0, 0.05) is 35.6 Å². The van der Waals surface area contributed by atoms with E-state index in [0.29, 0.717) is 29.6 Å². The zero-order chi connectivity index (χ0) is 19.0. The lowest BCUT2D eigenvalue weighted by molar-refractivity contribution is 0.313.